The highest BCUT2D eigenvalue weighted by Gasteiger charge is 2.15. The maximum Gasteiger partial charge on any atom is 0.240 e. The largest absolute Gasteiger partial charge is 0.318 e. The van der Waals surface area contributed by atoms with E-state index in [1.54, 1.807) is 26.1 Å². The number of rotatable bonds is 5. The van der Waals surface area contributed by atoms with Gasteiger partial charge >= 0.3 is 0 Å². The first kappa shape index (κ1) is 13.2. The van der Waals surface area contributed by atoms with Crippen LogP contribution in [0, 0.1) is 13.8 Å². The lowest BCUT2D eigenvalue weighted by Gasteiger charge is -2.09. The zero-order valence-corrected chi connectivity index (χ0v) is 10.7. The summed E-state index contributed by atoms with van der Waals surface area (Å²) < 4.78 is 26.3. The summed E-state index contributed by atoms with van der Waals surface area (Å²) in [6.07, 6.45) is 0. The standard InChI is InChI=1S/C11H18N2O2S/c1-9-4-5-11(10(2)8-9)16(14,15)13-7-6-12-3/h4-5,8,12-13H,6-7H2,1-3H3. The van der Waals surface area contributed by atoms with Crippen LogP contribution in [0.1, 0.15) is 11.1 Å². The van der Waals surface area contributed by atoms with Gasteiger partial charge in [-0.05, 0) is 32.5 Å². The van der Waals surface area contributed by atoms with Gasteiger partial charge in [-0.25, -0.2) is 13.1 Å². The third-order valence-electron chi connectivity index (χ3n) is 2.29. The topological polar surface area (TPSA) is 58.2 Å². The Morgan fingerprint density at radius 1 is 1.19 bits per heavy atom. The smallest absolute Gasteiger partial charge is 0.240 e. The molecule has 0 unspecified atom stereocenters. The van der Waals surface area contributed by atoms with Crippen LogP contribution in [0.15, 0.2) is 23.1 Å². The second kappa shape index (κ2) is 5.43. The van der Waals surface area contributed by atoms with E-state index < -0.39 is 10.0 Å². The van der Waals surface area contributed by atoms with E-state index in [0.29, 0.717) is 18.0 Å². The van der Waals surface area contributed by atoms with E-state index in [9.17, 15) is 8.42 Å². The maximum atomic E-state index is 11.9. The summed E-state index contributed by atoms with van der Waals surface area (Å²) >= 11 is 0. The molecule has 0 fully saturated rings. The number of aryl methyl sites for hydroxylation is 2. The lowest BCUT2D eigenvalue weighted by atomic mass is 10.2. The van der Waals surface area contributed by atoms with Crippen molar-refractivity contribution in [2.45, 2.75) is 18.7 Å². The second-order valence-corrected chi connectivity index (χ2v) is 5.51. The first-order chi connectivity index (χ1) is 7.47. The first-order valence-corrected chi connectivity index (χ1v) is 6.67. The summed E-state index contributed by atoms with van der Waals surface area (Å²) in [7, 11) is -1.59. The molecule has 0 spiro atoms. The number of hydrogen-bond acceptors (Lipinski definition) is 3. The van der Waals surface area contributed by atoms with E-state index in [1.807, 2.05) is 13.0 Å². The lowest BCUT2D eigenvalue weighted by molar-refractivity contribution is 0.579. The molecule has 16 heavy (non-hydrogen) atoms. The van der Waals surface area contributed by atoms with Crippen LogP contribution in [0.2, 0.25) is 0 Å². The first-order valence-electron chi connectivity index (χ1n) is 5.19. The fourth-order valence-electron chi connectivity index (χ4n) is 1.49. The highest BCUT2D eigenvalue weighted by atomic mass is 32.2. The SMILES string of the molecule is CNCCNS(=O)(=O)c1ccc(C)cc1C. The van der Waals surface area contributed by atoms with Gasteiger partial charge < -0.3 is 5.32 Å². The number of benzene rings is 1. The van der Waals surface area contributed by atoms with Crippen molar-refractivity contribution in [1.82, 2.24) is 10.0 Å². The summed E-state index contributed by atoms with van der Waals surface area (Å²) in [4.78, 5) is 0.356. The lowest BCUT2D eigenvalue weighted by Crippen LogP contribution is -2.30. The van der Waals surface area contributed by atoms with Crippen LogP contribution in [-0.2, 0) is 10.0 Å². The Kier molecular flexibility index (Phi) is 4.46. The molecule has 0 aromatic heterocycles. The Morgan fingerprint density at radius 3 is 2.44 bits per heavy atom. The van der Waals surface area contributed by atoms with Gasteiger partial charge in [0.25, 0.3) is 0 Å². The average molecular weight is 242 g/mol. The van der Waals surface area contributed by atoms with Crippen molar-refractivity contribution in [2.24, 2.45) is 0 Å². The van der Waals surface area contributed by atoms with Gasteiger partial charge in [0.2, 0.25) is 10.0 Å². The van der Waals surface area contributed by atoms with Crippen LogP contribution in [0.4, 0.5) is 0 Å². The molecular weight excluding hydrogens is 224 g/mol. The van der Waals surface area contributed by atoms with Crippen LogP contribution in [0.5, 0.6) is 0 Å². The van der Waals surface area contributed by atoms with Crippen LogP contribution in [0.3, 0.4) is 0 Å². The van der Waals surface area contributed by atoms with E-state index >= 15 is 0 Å². The maximum absolute atomic E-state index is 11.9. The molecule has 0 bridgehead atoms. The van der Waals surface area contributed by atoms with Crippen molar-refractivity contribution in [3.8, 4) is 0 Å². The van der Waals surface area contributed by atoms with Gasteiger partial charge in [-0.2, -0.15) is 0 Å². The molecule has 0 aliphatic rings. The summed E-state index contributed by atoms with van der Waals surface area (Å²) in [5.41, 5.74) is 1.84. The molecule has 90 valence electrons. The Labute approximate surface area is 97.1 Å². The van der Waals surface area contributed by atoms with Gasteiger partial charge in [-0.15, -0.1) is 0 Å². The molecule has 4 nitrogen and oxygen atoms in total. The van der Waals surface area contributed by atoms with Crippen LogP contribution < -0.4 is 10.0 Å². The Hall–Kier alpha value is -0.910. The highest BCUT2D eigenvalue weighted by Crippen LogP contribution is 2.15. The van der Waals surface area contributed by atoms with E-state index in [4.69, 9.17) is 0 Å². The Bertz CT molecular complexity index is 455. The Morgan fingerprint density at radius 2 is 1.88 bits per heavy atom. The molecule has 0 aliphatic carbocycles. The molecular formula is C11H18N2O2S. The number of hydrogen-bond donors (Lipinski definition) is 2. The van der Waals surface area contributed by atoms with Crippen molar-refractivity contribution in [3.05, 3.63) is 29.3 Å². The van der Waals surface area contributed by atoms with Gasteiger partial charge in [0, 0.05) is 13.1 Å². The van der Waals surface area contributed by atoms with Crippen molar-refractivity contribution in [3.63, 3.8) is 0 Å². The molecule has 5 heteroatoms. The van der Waals surface area contributed by atoms with Gasteiger partial charge in [-0.1, -0.05) is 17.7 Å². The number of nitrogens with one attached hydrogen (secondary N) is 2. The van der Waals surface area contributed by atoms with Gasteiger partial charge in [0.15, 0.2) is 0 Å². The van der Waals surface area contributed by atoms with Crippen LogP contribution >= 0.6 is 0 Å². The summed E-state index contributed by atoms with van der Waals surface area (Å²) in [5, 5.41) is 2.89. The predicted octanol–water partition coefficient (Wildman–Crippen LogP) is 0.801. The molecule has 1 aromatic carbocycles. The molecule has 0 saturated carbocycles. The molecule has 0 saturated heterocycles. The van der Waals surface area contributed by atoms with E-state index in [-0.39, 0.29) is 0 Å². The minimum absolute atomic E-state index is 0.356. The molecule has 0 atom stereocenters. The summed E-state index contributed by atoms with van der Waals surface area (Å²) in [5.74, 6) is 0. The van der Waals surface area contributed by atoms with E-state index in [1.165, 1.54) is 0 Å². The molecule has 0 amide bonds. The molecule has 0 radical (unpaired) electrons. The predicted molar refractivity (Wildman–Crippen MR) is 65.0 cm³/mol. The quantitative estimate of drug-likeness (QED) is 0.751. The van der Waals surface area contributed by atoms with Crippen LogP contribution in [-0.4, -0.2) is 28.6 Å². The fraction of sp³-hybridized carbons (Fsp3) is 0.455. The van der Waals surface area contributed by atoms with Gasteiger partial charge in [0.1, 0.15) is 0 Å². The van der Waals surface area contributed by atoms with Crippen molar-refractivity contribution in [2.75, 3.05) is 20.1 Å². The molecule has 2 N–H and O–H groups in total. The van der Waals surface area contributed by atoms with Crippen molar-refractivity contribution in [1.29, 1.82) is 0 Å². The Balaban J connectivity index is 2.90. The summed E-state index contributed by atoms with van der Waals surface area (Å²) in [6, 6.07) is 5.32. The highest BCUT2D eigenvalue weighted by molar-refractivity contribution is 7.89. The van der Waals surface area contributed by atoms with Crippen molar-refractivity contribution >= 4 is 10.0 Å². The molecule has 1 rings (SSSR count). The molecule has 0 aliphatic heterocycles. The molecule has 1 aromatic rings. The zero-order chi connectivity index (χ0) is 12.2. The number of likely N-dealkylation sites (N-methyl/N-ethyl adjacent to an activating group) is 1. The minimum atomic E-state index is -3.37. The van der Waals surface area contributed by atoms with E-state index in [2.05, 4.69) is 10.0 Å². The molecule has 0 heterocycles. The average Bonchev–Trinajstić information content (AvgIpc) is 2.17. The second-order valence-electron chi connectivity index (χ2n) is 3.77. The van der Waals surface area contributed by atoms with E-state index in [0.717, 1.165) is 11.1 Å². The van der Waals surface area contributed by atoms with Crippen LogP contribution in [0.25, 0.3) is 0 Å². The normalized spacial score (nSPS) is 11.7. The van der Waals surface area contributed by atoms with Crippen molar-refractivity contribution < 1.29 is 8.42 Å². The monoisotopic (exact) mass is 242 g/mol. The summed E-state index contributed by atoms with van der Waals surface area (Å²) in [6.45, 7) is 4.76. The third-order valence-corrected chi connectivity index (χ3v) is 3.91. The number of sulfonamides is 1. The minimum Gasteiger partial charge on any atom is -0.318 e. The van der Waals surface area contributed by atoms with Gasteiger partial charge in [0.05, 0.1) is 4.90 Å². The zero-order valence-electron chi connectivity index (χ0n) is 9.87. The third kappa shape index (κ3) is 3.30. The van der Waals surface area contributed by atoms with Gasteiger partial charge in [-0.3, -0.25) is 0 Å². The fourth-order valence-corrected chi connectivity index (χ4v) is 2.75.